The van der Waals surface area contributed by atoms with E-state index in [0.29, 0.717) is 5.69 Å². The third-order valence-electron chi connectivity index (χ3n) is 2.88. The van der Waals surface area contributed by atoms with Crippen LogP contribution >= 0.6 is 11.6 Å². The molecular weight excluding hydrogens is 295 g/mol. The van der Waals surface area contributed by atoms with Gasteiger partial charge in [-0.3, -0.25) is 0 Å². The highest BCUT2D eigenvalue weighted by atomic mass is 35.5. The minimum atomic E-state index is -0.596. The number of H-pyrrole nitrogens is 1. The van der Waals surface area contributed by atoms with Gasteiger partial charge in [0.05, 0.1) is 28.1 Å². The minimum absolute atomic E-state index is 0.0562. The quantitative estimate of drug-likeness (QED) is 0.669. The lowest BCUT2D eigenvalue weighted by molar-refractivity contribution is 0.262. The molecule has 5 nitrogen and oxygen atoms in total. The number of imidazole rings is 1. The van der Waals surface area contributed by atoms with Crippen LogP contribution in [0, 0.1) is 5.82 Å². The molecule has 0 spiro atoms. The Morgan fingerprint density at radius 2 is 2.10 bits per heavy atom. The maximum Gasteiger partial charge on any atom is 0.323 e. The lowest BCUT2D eigenvalue weighted by Crippen LogP contribution is -2.20. The number of nitrogens with one attached hydrogen (secondary N) is 3. The molecular formula is C14H10ClFN4O. The standard InChI is InChI=1S/C14H10ClFN4O/c15-9-2-1-3-10(16)13(9)20-14(21)19-8-4-5-11-12(6-8)18-7-17-11/h1-7H,(H,17,18)(H2,19,20,21). The van der Waals surface area contributed by atoms with Crippen molar-refractivity contribution in [2.24, 2.45) is 0 Å². The number of fused-ring (bicyclic) bond motifs is 1. The van der Waals surface area contributed by atoms with Gasteiger partial charge in [-0.1, -0.05) is 17.7 Å². The van der Waals surface area contributed by atoms with Crippen LogP contribution in [0.1, 0.15) is 0 Å². The summed E-state index contributed by atoms with van der Waals surface area (Å²) in [6.45, 7) is 0. The van der Waals surface area contributed by atoms with Crippen molar-refractivity contribution < 1.29 is 9.18 Å². The highest BCUT2D eigenvalue weighted by Crippen LogP contribution is 2.25. The second-order valence-electron chi connectivity index (χ2n) is 4.31. The Labute approximate surface area is 124 Å². The van der Waals surface area contributed by atoms with Crippen molar-refractivity contribution >= 4 is 40.0 Å². The molecule has 0 unspecified atom stereocenters. The van der Waals surface area contributed by atoms with E-state index in [1.807, 2.05) is 0 Å². The first-order valence-electron chi connectivity index (χ1n) is 6.08. The van der Waals surface area contributed by atoms with Crippen molar-refractivity contribution in [2.75, 3.05) is 10.6 Å². The minimum Gasteiger partial charge on any atom is -0.345 e. The maximum absolute atomic E-state index is 13.6. The average Bonchev–Trinajstić information content (AvgIpc) is 2.90. The molecule has 0 saturated carbocycles. The molecule has 3 aromatic rings. The SMILES string of the molecule is O=C(Nc1ccc2nc[nH]c2c1)Nc1c(F)cccc1Cl. The highest BCUT2D eigenvalue weighted by Gasteiger charge is 2.11. The van der Waals surface area contributed by atoms with Gasteiger partial charge in [0.15, 0.2) is 0 Å². The predicted octanol–water partition coefficient (Wildman–Crippen LogP) is 4.00. The summed E-state index contributed by atoms with van der Waals surface area (Å²) in [6, 6.07) is 8.79. The molecule has 1 aromatic heterocycles. The van der Waals surface area contributed by atoms with E-state index >= 15 is 0 Å². The number of hydrogen-bond donors (Lipinski definition) is 3. The number of benzene rings is 2. The van der Waals surface area contributed by atoms with Crippen molar-refractivity contribution in [2.45, 2.75) is 0 Å². The van der Waals surface area contributed by atoms with E-state index in [9.17, 15) is 9.18 Å². The zero-order valence-corrected chi connectivity index (χ0v) is 11.4. The van der Waals surface area contributed by atoms with E-state index < -0.39 is 11.8 Å². The van der Waals surface area contributed by atoms with E-state index in [2.05, 4.69) is 20.6 Å². The zero-order chi connectivity index (χ0) is 14.8. The van der Waals surface area contributed by atoms with Crippen LogP contribution in [0.25, 0.3) is 11.0 Å². The number of halogens is 2. The maximum atomic E-state index is 13.6. The first-order chi connectivity index (χ1) is 10.1. The van der Waals surface area contributed by atoms with Gasteiger partial charge < -0.3 is 15.6 Å². The van der Waals surface area contributed by atoms with Crippen LogP contribution in [-0.4, -0.2) is 16.0 Å². The Morgan fingerprint density at radius 3 is 2.90 bits per heavy atom. The van der Waals surface area contributed by atoms with Crippen LogP contribution in [0.3, 0.4) is 0 Å². The summed E-state index contributed by atoms with van der Waals surface area (Å²) in [4.78, 5) is 18.9. The van der Waals surface area contributed by atoms with Gasteiger partial charge >= 0.3 is 6.03 Å². The number of para-hydroxylation sites is 1. The fourth-order valence-corrected chi connectivity index (χ4v) is 2.12. The van der Waals surface area contributed by atoms with E-state index in [1.54, 1.807) is 24.5 Å². The average molecular weight is 305 g/mol. The predicted molar refractivity (Wildman–Crippen MR) is 80.1 cm³/mol. The molecule has 0 fully saturated rings. The second-order valence-corrected chi connectivity index (χ2v) is 4.72. The molecule has 0 aliphatic heterocycles. The summed E-state index contributed by atoms with van der Waals surface area (Å²) in [5, 5.41) is 5.12. The molecule has 0 aliphatic carbocycles. The first kappa shape index (κ1) is 13.4. The monoisotopic (exact) mass is 304 g/mol. The summed E-state index contributed by atoms with van der Waals surface area (Å²) in [5.41, 5.74) is 2.07. The number of urea groups is 1. The van der Waals surface area contributed by atoms with Crippen LogP contribution < -0.4 is 10.6 Å². The van der Waals surface area contributed by atoms with Gasteiger partial charge in [0.1, 0.15) is 5.82 Å². The number of amides is 2. The fraction of sp³-hybridized carbons (Fsp3) is 0. The van der Waals surface area contributed by atoms with Crippen molar-refractivity contribution in [3.05, 3.63) is 53.6 Å². The molecule has 2 amide bonds. The molecule has 0 bridgehead atoms. The fourth-order valence-electron chi connectivity index (χ4n) is 1.91. The largest absolute Gasteiger partial charge is 0.345 e. The lowest BCUT2D eigenvalue weighted by Gasteiger charge is -2.09. The van der Waals surface area contributed by atoms with E-state index in [4.69, 9.17) is 11.6 Å². The third-order valence-corrected chi connectivity index (χ3v) is 3.19. The van der Waals surface area contributed by atoms with Gasteiger partial charge in [0.25, 0.3) is 0 Å². The van der Waals surface area contributed by atoms with Crippen LogP contribution in [0.2, 0.25) is 5.02 Å². The second kappa shape index (κ2) is 5.41. The molecule has 0 atom stereocenters. The number of hydrogen-bond acceptors (Lipinski definition) is 2. The van der Waals surface area contributed by atoms with Crippen LogP contribution in [0.4, 0.5) is 20.6 Å². The molecule has 0 radical (unpaired) electrons. The molecule has 21 heavy (non-hydrogen) atoms. The Bertz CT molecular complexity index is 797. The van der Waals surface area contributed by atoms with Gasteiger partial charge in [-0.05, 0) is 30.3 Å². The van der Waals surface area contributed by atoms with Gasteiger partial charge in [-0.2, -0.15) is 0 Å². The summed E-state index contributed by atoms with van der Waals surface area (Å²) in [5.74, 6) is -0.596. The zero-order valence-electron chi connectivity index (χ0n) is 10.7. The molecule has 2 aromatic carbocycles. The summed E-state index contributed by atoms with van der Waals surface area (Å²) in [7, 11) is 0. The number of carbonyl (C=O) groups is 1. The van der Waals surface area contributed by atoms with Crippen molar-refractivity contribution in [3.8, 4) is 0 Å². The number of nitrogens with zero attached hydrogens (tertiary/aromatic N) is 1. The van der Waals surface area contributed by atoms with Crippen LogP contribution in [-0.2, 0) is 0 Å². The number of carbonyl (C=O) groups excluding carboxylic acids is 1. The Morgan fingerprint density at radius 1 is 1.24 bits per heavy atom. The van der Waals surface area contributed by atoms with E-state index in [-0.39, 0.29) is 10.7 Å². The third kappa shape index (κ3) is 2.80. The van der Waals surface area contributed by atoms with Crippen molar-refractivity contribution in [1.82, 2.24) is 9.97 Å². The van der Waals surface area contributed by atoms with Gasteiger partial charge in [0, 0.05) is 5.69 Å². The molecule has 0 saturated heterocycles. The Hall–Kier alpha value is -2.60. The summed E-state index contributed by atoms with van der Waals surface area (Å²) in [6.07, 6.45) is 1.56. The molecule has 7 heteroatoms. The Balaban J connectivity index is 1.77. The summed E-state index contributed by atoms with van der Waals surface area (Å²) < 4.78 is 13.6. The van der Waals surface area contributed by atoms with Crippen molar-refractivity contribution in [3.63, 3.8) is 0 Å². The molecule has 3 rings (SSSR count). The molecule has 1 heterocycles. The number of aromatic amines is 1. The lowest BCUT2D eigenvalue weighted by atomic mass is 10.3. The number of anilines is 2. The summed E-state index contributed by atoms with van der Waals surface area (Å²) >= 11 is 5.84. The van der Waals surface area contributed by atoms with Crippen LogP contribution in [0.5, 0.6) is 0 Å². The number of rotatable bonds is 2. The Kier molecular flexibility index (Phi) is 3.45. The molecule has 106 valence electrons. The van der Waals surface area contributed by atoms with Gasteiger partial charge in [0.2, 0.25) is 0 Å². The topological polar surface area (TPSA) is 69.8 Å². The highest BCUT2D eigenvalue weighted by molar-refractivity contribution is 6.33. The number of aromatic nitrogens is 2. The first-order valence-corrected chi connectivity index (χ1v) is 6.46. The van der Waals surface area contributed by atoms with E-state index in [1.165, 1.54) is 18.2 Å². The van der Waals surface area contributed by atoms with Crippen molar-refractivity contribution in [1.29, 1.82) is 0 Å². The molecule has 3 N–H and O–H groups in total. The normalized spacial score (nSPS) is 10.6. The van der Waals surface area contributed by atoms with E-state index in [0.717, 1.165) is 11.0 Å². The van der Waals surface area contributed by atoms with Gasteiger partial charge in [-0.15, -0.1) is 0 Å². The van der Waals surface area contributed by atoms with Gasteiger partial charge in [-0.25, -0.2) is 14.2 Å². The smallest absolute Gasteiger partial charge is 0.323 e. The molecule has 0 aliphatic rings. The van der Waals surface area contributed by atoms with Crippen LogP contribution in [0.15, 0.2) is 42.7 Å².